The Kier molecular flexibility index (Phi) is 3.80. The van der Waals surface area contributed by atoms with Crippen molar-refractivity contribution >= 4 is 17.6 Å². The standard InChI is InChI=1S/C11H15FN2OS/c1-11(2,3)16-9-5-4-7(6-8(9)12)10(13)14-15/h4-6,15H,1-3H3,(H2,13,14). The van der Waals surface area contributed by atoms with Crippen molar-refractivity contribution in [2.75, 3.05) is 0 Å². The molecule has 0 saturated heterocycles. The minimum absolute atomic E-state index is 0.0566. The number of halogens is 1. The van der Waals surface area contributed by atoms with Crippen LogP contribution in [0, 0.1) is 5.82 Å². The van der Waals surface area contributed by atoms with Gasteiger partial charge in [-0.15, -0.1) is 11.8 Å². The van der Waals surface area contributed by atoms with Gasteiger partial charge in [-0.05, 0) is 18.2 Å². The molecule has 0 atom stereocenters. The van der Waals surface area contributed by atoms with Crippen molar-refractivity contribution in [3.8, 4) is 0 Å². The molecule has 0 saturated carbocycles. The zero-order valence-electron chi connectivity index (χ0n) is 9.49. The number of benzene rings is 1. The van der Waals surface area contributed by atoms with E-state index in [0.717, 1.165) is 0 Å². The maximum atomic E-state index is 13.7. The molecule has 0 aromatic heterocycles. The van der Waals surface area contributed by atoms with Crippen LogP contribution in [0.25, 0.3) is 0 Å². The van der Waals surface area contributed by atoms with Crippen LogP contribution in [-0.4, -0.2) is 15.8 Å². The molecule has 0 aliphatic heterocycles. The molecule has 0 heterocycles. The summed E-state index contributed by atoms with van der Waals surface area (Å²) >= 11 is 1.44. The molecular formula is C11H15FN2OS. The molecule has 3 N–H and O–H groups in total. The molecule has 0 fully saturated rings. The lowest BCUT2D eigenvalue weighted by molar-refractivity contribution is 0.318. The molecule has 1 aromatic carbocycles. The largest absolute Gasteiger partial charge is 0.409 e. The van der Waals surface area contributed by atoms with E-state index in [4.69, 9.17) is 10.9 Å². The van der Waals surface area contributed by atoms with Gasteiger partial charge < -0.3 is 10.9 Å². The molecule has 1 rings (SSSR count). The van der Waals surface area contributed by atoms with Gasteiger partial charge >= 0.3 is 0 Å². The highest BCUT2D eigenvalue weighted by Gasteiger charge is 2.15. The Hall–Kier alpha value is -1.23. The minimum Gasteiger partial charge on any atom is -0.409 e. The first-order valence-electron chi connectivity index (χ1n) is 4.80. The summed E-state index contributed by atoms with van der Waals surface area (Å²) in [4.78, 5) is 0.557. The van der Waals surface area contributed by atoms with Crippen LogP contribution in [0.15, 0.2) is 28.3 Å². The van der Waals surface area contributed by atoms with Crippen molar-refractivity contribution in [2.45, 2.75) is 30.4 Å². The van der Waals surface area contributed by atoms with Crippen LogP contribution >= 0.6 is 11.8 Å². The van der Waals surface area contributed by atoms with Crippen molar-refractivity contribution in [1.29, 1.82) is 0 Å². The number of hydrogen-bond acceptors (Lipinski definition) is 3. The van der Waals surface area contributed by atoms with Gasteiger partial charge in [0.2, 0.25) is 0 Å². The number of thioether (sulfide) groups is 1. The van der Waals surface area contributed by atoms with Crippen LogP contribution < -0.4 is 5.73 Å². The molecule has 0 bridgehead atoms. The number of hydrogen-bond donors (Lipinski definition) is 2. The average molecular weight is 242 g/mol. The fourth-order valence-corrected chi connectivity index (χ4v) is 2.08. The Morgan fingerprint density at radius 3 is 2.50 bits per heavy atom. The molecule has 0 unspecified atom stereocenters. The van der Waals surface area contributed by atoms with Crippen LogP contribution in [0.4, 0.5) is 4.39 Å². The van der Waals surface area contributed by atoms with E-state index in [9.17, 15) is 4.39 Å². The summed E-state index contributed by atoms with van der Waals surface area (Å²) in [7, 11) is 0. The predicted molar refractivity (Wildman–Crippen MR) is 64.5 cm³/mol. The van der Waals surface area contributed by atoms with Gasteiger partial charge in [0.15, 0.2) is 5.84 Å². The monoisotopic (exact) mass is 242 g/mol. The Labute approximate surface area is 98.5 Å². The fourth-order valence-electron chi connectivity index (χ4n) is 1.13. The van der Waals surface area contributed by atoms with E-state index in [-0.39, 0.29) is 16.4 Å². The SMILES string of the molecule is CC(C)(C)Sc1ccc(/C(N)=N/O)cc1F. The number of nitrogens with two attached hydrogens (primary N) is 1. The second kappa shape index (κ2) is 4.74. The van der Waals surface area contributed by atoms with Crippen LogP contribution in [0.5, 0.6) is 0 Å². The quantitative estimate of drug-likeness (QED) is 0.276. The lowest BCUT2D eigenvalue weighted by Gasteiger charge is -2.18. The summed E-state index contributed by atoms with van der Waals surface area (Å²) < 4.78 is 13.6. The molecule has 0 aliphatic rings. The Morgan fingerprint density at radius 1 is 1.44 bits per heavy atom. The highest BCUT2D eigenvalue weighted by Crippen LogP contribution is 2.33. The van der Waals surface area contributed by atoms with E-state index in [1.165, 1.54) is 17.8 Å². The average Bonchev–Trinajstić information content (AvgIpc) is 2.18. The van der Waals surface area contributed by atoms with Crippen molar-refractivity contribution in [2.24, 2.45) is 10.9 Å². The zero-order valence-corrected chi connectivity index (χ0v) is 10.3. The topological polar surface area (TPSA) is 58.6 Å². The van der Waals surface area contributed by atoms with Crippen LogP contribution in [0.1, 0.15) is 26.3 Å². The first kappa shape index (κ1) is 12.8. The molecule has 5 heteroatoms. The van der Waals surface area contributed by atoms with Gasteiger partial charge in [-0.3, -0.25) is 0 Å². The summed E-state index contributed by atoms with van der Waals surface area (Å²) in [6.07, 6.45) is 0. The van der Waals surface area contributed by atoms with Gasteiger partial charge in [-0.1, -0.05) is 25.9 Å². The normalized spacial score (nSPS) is 12.9. The third kappa shape index (κ3) is 3.41. The first-order valence-corrected chi connectivity index (χ1v) is 5.61. The smallest absolute Gasteiger partial charge is 0.170 e. The summed E-state index contributed by atoms with van der Waals surface area (Å²) in [5, 5.41) is 11.3. The van der Waals surface area contributed by atoms with Crippen LogP contribution in [-0.2, 0) is 0 Å². The van der Waals surface area contributed by atoms with Crippen molar-refractivity contribution in [1.82, 2.24) is 0 Å². The third-order valence-corrected chi connectivity index (χ3v) is 2.91. The second-order valence-electron chi connectivity index (χ2n) is 4.34. The maximum Gasteiger partial charge on any atom is 0.170 e. The molecule has 88 valence electrons. The summed E-state index contributed by atoms with van der Waals surface area (Å²) in [6, 6.07) is 4.54. The summed E-state index contributed by atoms with van der Waals surface area (Å²) in [6.45, 7) is 6.03. The van der Waals surface area contributed by atoms with E-state index >= 15 is 0 Å². The van der Waals surface area contributed by atoms with Gasteiger partial charge in [0.25, 0.3) is 0 Å². The molecule has 1 aromatic rings. The van der Waals surface area contributed by atoms with Gasteiger partial charge in [-0.2, -0.15) is 0 Å². The van der Waals surface area contributed by atoms with Crippen LogP contribution in [0.2, 0.25) is 0 Å². The number of rotatable bonds is 2. The zero-order chi connectivity index (χ0) is 12.3. The van der Waals surface area contributed by atoms with E-state index < -0.39 is 0 Å². The van der Waals surface area contributed by atoms with Crippen molar-refractivity contribution in [3.05, 3.63) is 29.6 Å². The first-order chi connectivity index (χ1) is 7.33. The molecule has 16 heavy (non-hydrogen) atoms. The van der Waals surface area contributed by atoms with Gasteiger partial charge in [0.05, 0.1) is 0 Å². The number of oxime groups is 1. The molecule has 3 nitrogen and oxygen atoms in total. The lowest BCUT2D eigenvalue weighted by Crippen LogP contribution is -2.13. The fraction of sp³-hybridized carbons (Fsp3) is 0.364. The minimum atomic E-state index is -0.357. The summed E-state index contributed by atoms with van der Waals surface area (Å²) in [5.74, 6) is -0.449. The van der Waals surface area contributed by atoms with Crippen molar-refractivity contribution < 1.29 is 9.60 Å². The van der Waals surface area contributed by atoms with Gasteiger partial charge in [-0.25, -0.2) is 4.39 Å². The van der Waals surface area contributed by atoms with Gasteiger partial charge in [0.1, 0.15) is 5.82 Å². The molecule has 0 spiro atoms. The highest BCUT2D eigenvalue weighted by atomic mass is 32.2. The summed E-state index contributed by atoms with van der Waals surface area (Å²) in [5.41, 5.74) is 5.74. The molecular weight excluding hydrogens is 227 g/mol. The van der Waals surface area contributed by atoms with Crippen LogP contribution in [0.3, 0.4) is 0 Å². The number of nitrogens with zero attached hydrogens (tertiary/aromatic N) is 1. The number of amidine groups is 1. The predicted octanol–water partition coefficient (Wildman–Crippen LogP) is 2.81. The molecule has 0 aliphatic carbocycles. The Morgan fingerprint density at radius 2 is 2.06 bits per heavy atom. The van der Waals surface area contributed by atoms with Crippen molar-refractivity contribution in [3.63, 3.8) is 0 Å². The van der Waals surface area contributed by atoms with E-state index in [1.807, 2.05) is 20.8 Å². The van der Waals surface area contributed by atoms with E-state index in [1.54, 1.807) is 12.1 Å². The molecule has 0 amide bonds. The Balaban J connectivity index is 3.01. The van der Waals surface area contributed by atoms with Gasteiger partial charge in [0, 0.05) is 15.2 Å². The molecule has 0 radical (unpaired) electrons. The van der Waals surface area contributed by atoms with E-state index in [0.29, 0.717) is 10.5 Å². The second-order valence-corrected chi connectivity index (χ2v) is 6.21. The maximum absolute atomic E-state index is 13.7. The third-order valence-electron chi connectivity index (χ3n) is 1.75. The lowest BCUT2D eigenvalue weighted by atomic mass is 10.2. The highest BCUT2D eigenvalue weighted by molar-refractivity contribution is 8.00. The van der Waals surface area contributed by atoms with E-state index in [2.05, 4.69) is 5.16 Å². The Bertz CT molecular complexity index is 413.